The molecule has 29 heavy (non-hydrogen) atoms. The van der Waals surface area contributed by atoms with Gasteiger partial charge in [-0.2, -0.15) is 9.38 Å². The van der Waals surface area contributed by atoms with E-state index in [-0.39, 0.29) is 17.5 Å². The molecule has 1 amide bonds. The van der Waals surface area contributed by atoms with E-state index >= 15 is 0 Å². The maximum atomic E-state index is 13.0. The molecule has 8 nitrogen and oxygen atoms in total. The van der Waals surface area contributed by atoms with Crippen LogP contribution < -0.4 is 10.6 Å². The molecule has 1 atom stereocenters. The highest BCUT2D eigenvalue weighted by Crippen LogP contribution is 2.29. The number of aromatic nitrogens is 2. The van der Waals surface area contributed by atoms with E-state index in [9.17, 15) is 14.9 Å². The van der Waals surface area contributed by atoms with Crippen molar-refractivity contribution in [2.24, 2.45) is 0 Å². The number of anilines is 2. The number of benzene rings is 2. The van der Waals surface area contributed by atoms with Gasteiger partial charge in [0, 0.05) is 17.5 Å². The van der Waals surface area contributed by atoms with Crippen LogP contribution >= 0.6 is 11.3 Å². The van der Waals surface area contributed by atoms with E-state index in [1.165, 1.54) is 15.7 Å². The predicted molar refractivity (Wildman–Crippen MR) is 112 cm³/mol. The maximum absolute atomic E-state index is 13.0. The van der Waals surface area contributed by atoms with Gasteiger partial charge in [0.05, 0.1) is 0 Å². The molecule has 0 fully saturated rings. The third-order valence-electron chi connectivity index (χ3n) is 4.36. The third kappa shape index (κ3) is 4.09. The number of carbonyl (C=O) groups excluding carboxylic acids is 1. The SMILES string of the molecule is O=C(Nc1ccccc1)[C@@H](Cc1ccccc1)Nc1nc2sccn2c1[N+](=O)[O-]. The minimum Gasteiger partial charge on any atom is -0.358 e. The van der Waals surface area contributed by atoms with Gasteiger partial charge in [-0.1, -0.05) is 59.9 Å². The molecule has 0 saturated carbocycles. The molecule has 0 aliphatic rings. The van der Waals surface area contributed by atoms with Gasteiger partial charge in [0.2, 0.25) is 11.7 Å². The zero-order chi connectivity index (χ0) is 20.2. The second-order valence-corrected chi connectivity index (χ2v) is 7.21. The Morgan fingerprint density at radius 1 is 1.14 bits per heavy atom. The van der Waals surface area contributed by atoms with Crippen LogP contribution in [0.3, 0.4) is 0 Å². The van der Waals surface area contributed by atoms with Gasteiger partial charge in [-0.15, -0.1) is 0 Å². The Labute approximate surface area is 170 Å². The van der Waals surface area contributed by atoms with Gasteiger partial charge in [-0.3, -0.25) is 4.79 Å². The number of amides is 1. The zero-order valence-electron chi connectivity index (χ0n) is 15.2. The Kier molecular flexibility index (Phi) is 5.21. The summed E-state index contributed by atoms with van der Waals surface area (Å²) in [7, 11) is 0. The molecule has 2 heterocycles. The Morgan fingerprint density at radius 3 is 2.52 bits per heavy atom. The number of hydrogen-bond donors (Lipinski definition) is 2. The monoisotopic (exact) mass is 407 g/mol. The minimum absolute atomic E-state index is 0.0750. The van der Waals surface area contributed by atoms with Crippen LogP contribution in [0.25, 0.3) is 4.96 Å². The summed E-state index contributed by atoms with van der Waals surface area (Å²) in [5.74, 6) is -0.413. The van der Waals surface area contributed by atoms with Crippen LogP contribution in [0.1, 0.15) is 5.56 Å². The molecule has 0 spiro atoms. The van der Waals surface area contributed by atoms with Gasteiger partial charge in [0.1, 0.15) is 12.2 Å². The minimum atomic E-state index is -0.749. The normalized spacial score (nSPS) is 11.9. The fraction of sp³-hybridized carbons (Fsp3) is 0.100. The highest BCUT2D eigenvalue weighted by molar-refractivity contribution is 7.15. The van der Waals surface area contributed by atoms with Crippen molar-refractivity contribution >= 4 is 39.5 Å². The van der Waals surface area contributed by atoms with E-state index < -0.39 is 11.0 Å². The quantitative estimate of drug-likeness (QED) is 0.357. The Bertz CT molecular complexity index is 1140. The summed E-state index contributed by atoms with van der Waals surface area (Å²) < 4.78 is 1.40. The number of hydrogen-bond acceptors (Lipinski definition) is 6. The highest BCUT2D eigenvalue weighted by atomic mass is 32.1. The standard InChI is InChI=1S/C20H17N5O3S/c26-18(21-15-9-5-2-6-10-15)16(13-14-7-3-1-4-8-14)22-17-19(25(27)28)24-11-12-29-20(24)23-17/h1-12,16,22H,13H2,(H,21,26)/t16-/m1/s1. The van der Waals surface area contributed by atoms with E-state index in [2.05, 4.69) is 15.6 Å². The first-order chi connectivity index (χ1) is 14.1. The van der Waals surface area contributed by atoms with Gasteiger partial charge < -0.3 is 20.7 Å². The third-order valence-corrected chi connectivity index (χ3v) is 5.12. The summed E-state index contributed by atoms with van der Waals surface area (Å²) in [6.07, 6.45) is 1.94. The van der Waals surface area contributed by atoms with E-state index in [0.29, 0.717) is 17.1 Å². The lowest BCUT2D eigenvalue weighted by molar-refractivity contribution is -0.389. The molecular weight excluding hydrogens is 390 g/mol. The van der Waals surface area contributed by atoms with Crippen molar-refractivity contribution in [2.75, 3.05) is 10.6 Å². The number of nitro groups is 1. The highest BCUT2D eigenvalue weighted by Gasteiger charge is 2.28. The Balaban J connectivity index is 1.65. The van der Waals surface area contributed by atoms with Gasteiger partial charge in [0.25, 0.3) is 4.96 Å². The van der Waals surface area contributed by atoms with E-state index in [1.807, 2.05) is 48.5 Å². The van der Waals surface area contributed by atoms with Gasteiger partial charge in [-0.05, 0) is 22.6 Å². The van der Waals surface area contributed by atoms with Crippen LogP contribution in [0.5, 0.6) is 0 Å². The van der Waals surface area contributed by atoms with E-state index in [4.69, 9.17) is 0 Å². The second kappa shape index (κ2) is 8.11. The first-order valence-corrected chi connectivity index (χ1v) is 9.76. The van der Waals surface area contributed by atoms with Crippen molar-refractivity contribution in [1.29, 1.82) is 0 Å². The van der Waals surface area contributed by atoms with E-state index in [0.717, 1.165) is 5.56 Å². The van der Waals surface area contributed by atoms with Crippen LogP contribution in [-0.4, -0.2) is 26.3 Å². The molecule has 0 aliphatic heterocycles. The molecule has 4 rings (SSSR count). The lowest BCUT2D eigenvalue weighted by Gasteiger charge is -2.18. The molecule has 0 saturated heterocycles. The molecule has 2 aromatic heterocycles. The van der Waals surface area contributed by atoms with Crippen molar-refractivity contribution in [3.05, 3.63) is 87.9 Å². The maximum Gasteiger partial charge on any atom is 0.372 e. The van der Waals surface area contributed by atoms with Gasteiger partial charge in [0.15, 0.2) is 0 Å². The number of rotatable bonds is 7. The molecule has 2 aromatic carbocycles. The molecule has 0 aliphatic carbocycles. The number of nitrogens with one attached hydrogen (secondary N) is 2. The first-order valence-electron chi connectivity index (χ1n) is 8.88. The number of nitrogens with zero attached hydrogens (tertiary/aromatic N) is 3. The number of para-hydroxylation sites is 1. The summed E-state index contributed by atoms with van der Waals surface area (Å²) in [5, 5.41) is 19.2. The Hall–Kier alpha value is -3.72. The number of carbonyl (C=O) groups is 1. The topological polar surface area (TPSA) is 102 Å². The van der Waals surface area contributed by atoms with Crippen LogP contribution in [0, 0.1) is 10.1 Å². The van der Waals surface area contributed by atoms with Crippen molar-refractivity contribution < 1.29 is 9.72 Å². The van der Waals surface area contributed by atoms with Crippen molar-refractivity contribution in [3.63, 3.8) is 0 Å². The number of imidazole rings is 1. The van der Waals surface area contributed by atoms with Crippen molar-refractivity contribution in [3.8, 4) is 0 Å². The molecule has 9 heteroatoms. The molecular formula is C20H17N5O3S. The summed E-state index contributed by atoms with van der Waals surface area (Å²) >= 11 is 1.29. The molecule has 4 aromatic rings. The van der Waals surface area contributed by atoms with Crippen molar-refractivity contribution in [2.45, 2.75) is 12.5 Å². The van der Waals surface area contributed by atoms with Crippen molar-refractivity contribution in [1.82, 2.24) is 9.38 Å². The second-order valence-electron chi connectivity index (χ2n) is 6.34. The molecule has 0 bridgehead atoms. The predicted octanol–water partition coefficient (Wildman–Crippen LogP) is 3.97. The molecule has 0 radical (unpaired) electrons. The molecule has 0 unspecified atom stereocenters. The summed E-state index contributed by atoms with van der Waals surface area (Å²) in [6.45, 7) is 0. The average molecular weight is 407 g/mol. The smallest absolute Gasteiger partial charge is 0.358 e. The fourth-order valence-electron chi connectivity index (χ4n) is 3.02. The Morgan fingerprint density at radius 2 is 1.83 bits per heavy atom. The lowest BCUT2D eigenvalue weighted by Crippen LogP contribution is -2.37. The lowest BCUT2D eigenvalue weighted by atomic mass is 10.1. The summed E-state index contributed by atoms with van der Waals surface area (Å²) in [5.41, 5.74) is 1.58. The fourth-order valence-corrected chi connectivity index (χ4v) is 3.73. The van der Waals surface area contributed by atoms with Crippen LogP contribution in [0.4, 0.5) is 17.3 Å². The summed E-state index contributed by atoms with van der Waals surface area (Å²) in [6, 6.07) is 17.8. The largest absolute Gasteiger partial charge is 0.372 e. The number of fused-ring (bicyclic) bond motifs is 1. The van der Waals surface area contributed by atoms with Crippen LogP contribution in [0.2, 0.25) is 0 Å². The summed E-state index contributed by atoms with van der Waals surface area (Å²) in [4.78, 5) is 28.9. The van der Waals surface area contributed by atoms with E-state index in [1.54, 1.807) is 23.7 Å². The zero-order valence-corrected chi connectivity index (χ0v) is 16.0. The van der Waals surface area contributed by atoms with Gasteiger partial charge in [-0.25, -0.2) is 0 Å². The molecule has 146 valence electrons. The average Bonchev–Trinajstić information content (AvgIpc) is 3.29. The first kappa shape index (κ1) is 18.6. The molecule has 2 N–H and O–H groups in total. The number of thiazole rings is 1. The van der Waals surface area contributed by atoms with Gasteiger partial charge >= 0.3 is 5.82 Å². The van der Waals surface area contributed by atoms with Crippen LogP contribution in [0.15, 0.2) is 72.2 Å². The van der Waals surface area contributed by atoms with Crippen LogP contribution in [-0.2, 0) is 11.2 Å².